The van der Waals surface area contributed by atoms with E-state index in [-0.39, 0.29) is 35.4 Å². The summed E-state index contributed by atoms with van der Waals surface area (Å²) in [7, 11) is -2.06. The number of pyridine rings is 1. The number of anilines is 2. The molecule has 4 rings (SSSR count). The molecule has 3 aromatic rings. The Balaban J connectivity index is 1.48. The van der Waals surface area contributed by atoms with Crippen molar-refractivity contribution < 1.29 is 23.1 Å². The Morgan fingerprint density at radius 2 is 2.03 bits per heavy atom. The van der Waals surface area contributed by atoms with Gasteiger partial charge in [0.15, 0.2) is 0 Å². The highest BCUT2D eigenvalue weighted by Gasteiger charge is 2.25. The number of hydrogen-bond donors (Lipinski definition) is 4. The number of aromatic nitrogens is 3. The molecule has 14 heteroatoms. The van der Waals surface area contributed by atoms with Crippen LogP contribution in [0.25, 0.3) is 16.8 Å². The Kier molecular flexibility index (Phi) is 7.79. The lowest BCUT2D eigenvalue weighted by molar-refractivity contribution is -0.115. The number of hydrogen-bond acceptors (Lipinski definition) is 11. The van der Waals surface area contributed by atoms with E-state index in [1.807, 2.05) is 0 Å². The maximum atomic E-state index is 12.9. The molecule has 12 nitrogen and oxygen atoms in total. The lowest BCUT2D eigenvalue weighted by Crippen LogP contribution is -2.29. The Bertz CT molecular complexity index is 1440. The van der Waals surface area contributed by atoms with Gasteiger partial charge in [-0.05, 0) is 30.0 Å². The van der Waals surface area contributed by atoms with Gasteiger partial charge in [0.1, 0.15) is 5.82 Å². The van der Waals surface area contributed by atoms with Crippen LogP contribution in [-0.4, -0.2) is 72.9 Å². The molecule has 1 aromatic carbocycles. The highest BCUT2D eigenvalue weighted by Crippen LogP contribution is 2.26. The third-order valence-electron chi connectivity index (χ3n) is 5.11. The quantitative estimate of drug-likeness (QED) is 0.220. The predicted octanol–water partition coefficient (Wildman–Crippen LogP) is 1.17. The zero-order valence-electron chi connectivity index (χ0n) is 19.1. The Hall–Kier alpha value is -3.59. The molecule has 1 saturated heterocycles. The van der Waals surface area contributed by atoms with Crippen LogP contribution in [-0.2, 0) is 14.8 Å². The number of sulfonamides is 1. The van der Waals surface area contributed by atoms with E-state index in [1.54, 1.807) is 42.4 Å². The van der Waals surface area contributed by atoms with Crippen LogP contribution in [0, 0.1) is 0 Å². The van der Waals surface area contributed by atoms with Gasteiger partial charge in [0.2, 0.25) is 16.0 Å². The van der Waals surface area contributed by atoms with Gasteiger partial charge < -0.3 is 15.3 Å². The Labute approximate surface area is 211 Å². The summed E-state index contributed by atoms with van der Waals surface area (Å²) in [5.41, 5.74) is 0.365. The molecular weight excluding hydrogens is 506 g/mol. The van der Waals surface area contributed by atoms with Crippen molar-refractivity contribution in [3.8, 4) is 0 Å². The average Bonchev–Trinajstić information content (AvgIpc) is 3.17. The zero-order valence-corrected chi connectivity index (χ0v) is 20.8. The number of carbonyl (C=O) groups excluding carboxylic acids is 2. The van der Waals surface area contributed by atoms with Crippen molar-refractivity contribution in [1.82, 2.24) is 25.0 Å². The predicted molar refractivity (Wildman–Crippen MR) is 137 cm³/mol. The fraction of sp³-hybridized carbons (Fsp3) is 0.227. The zero-order chi connectivity index (χ0) is 25.7. The normalized spacial score (nSPS) is 14.9. The third kappa shape index (κ3) is 5.96. The molecule has 0 atom stereocenters. The number of nitrogens with one attached hydrogen (secondary N) is 3. The number of imide groups is 1. The second-order valence-electron chi connectivity index (χ2n) is 7.65. The van der Waals surface area contributed by atoms with Gasteiger partial charge in [-0.15, -0.1) is 0 Å². The molecule has 0 aliphatic carbocycles. The fourth-order valence-corrected chi connectivity index (χ4v) is 5.31. The third-order valence-corrected chi connectivity index (χ3v) is 7.44. The van der Waals surface area contributed by atoms with Crippen molar-refractivity contribution >= 4 is 61.5 Å². The van der Waals surface area contributed by atoms with Crippen molar-refractivity contribution in [1.29, 1.82) is 0 Å². The second kappa shape index (κ2) is 11.0. The highest BCUT2D eigenvalue weighted by molar-refractivity contribution is 8.18. The first kappa shape index (κ1) is 25.5. The number of aliphatic hydroxyl groups excluding tert-OH is 1. The lowest BCUT2D eigenvalue weighted by Gasteiger charge is -2.18. The van der Waals surface area contributed by atoms with Gasteiger partial charge >= 0.3 is 0 Å². The van der Waals surface area contributed by atoms with Crippen molar-refractivity contribution in [2.75, 3.05) is 43.5 Å². The van der Waals surface area contributed by atoms with Gasteiger partial charge in [-0.2, -0.15) is 4.98 Å². The molecule has 1 fully saturated rings. The Morgan fingerprint density at radius 3 is 2.78 bits per heavy atom. The fourth-order valence-electron chi connectivity index (χ4n) is 3.39. The van der Waals surface area contributed by atoms with E-state index in [0.717, 1.165) is 11.8 Å². The van der Waals surface area contributed by atoms with E-state index in [9.17, 15) is 23.1 Å². The molecule has 0 radical (unpaired) electrons. The minimum atomic E-state index is -3.79. The van der Waals surface area contributed by atoms with E-state index >= 15 is 0 Å². The number of likely N-dealkylation sites (N-methyl/N-ethyl adjacent to an activating group) is 1. The van der Waals surface area contributed by atoms with Gasteiger partial charge in [0.05, 0.1) is 22.1 Å². The standard InChI is InChI=1S/C22H23N7O5S2/c1-29(9-10-30)19-12-15(11-17-20(31)28-22(32)35-17)26-21(27-19)24-7-8-25-36(33,34)18-4-2-3-14-13-23-6-5-16(14)18/h2-6,11-13,25,30H,7-10H2,1H3,(H,24,26,27)(H,28,31,32). The molecule has 2 aromatic heterocycles. The maximum Gasteiger partial charge on any atom is 0.290 e. The molecule has 0 bridgehead atoms. The van der Waals surface area contributed by atoms with Crippen LogP contribution in [0.1, 0.15) is 5.69 Å². The number of carbonyl (C=O) groups is 2. The Morgan fingerprint density at radius 1 is 1.19 bits per heavy atom. The minimum absolute atomic E-state index is 0.0487. The molecule has 1 aliphatic rings. The first-order chi connectivity index (χ1) is 17.3. The van der Waals surface area contributed by atoms with Crippen LogP contribution in [0.2, 0.25) is 0 Å². The average molecular weight is 530 g/mol. The van der Waals surface area contributed by atoms with Crippen LogP contribution in [0.4, 0.5) is 16.6 Å². The number of thioether (sulfide) groups is 1. The maximum absolute atomic E-state index is 12.9. The lowest BCUT2D eigenvalue weighted by atomic mass is 10.2. The van der Waals surface area contributed by atoms with Crippen molar-refractivity contribution in [3.05, 3.63) is 53.3 Å². The summed E-state index contributed by atoms with van der Waals surface area (Å²) in [5.74, 6) is 0.143. The van der Waals surface area contributed by atoms with Gasteiger partial charge in [0, 0.05) is 55.9 Å². The molecule has 0 unspecified atom stereocenters. The molecule has 36 heavy (non-hydrogen) atoms. The largest absolute Gasteiger partial charge is 0.395 e. The van der Waals surface area contributed by atoms with Crippen LogP contribution in [0.15, 0.2) is 52.5 Å². The van der Waals surface area contributed by atoms with E-state index in [2.05, 4.69) is 30.3 Å². The first-order valence-corrected chi connectivity index (χ1v) is 13.1. The van der Waals surface area contributed by atoms with E-state index in [1.165, 1.54) is 18.3 Å². The molecule has 0 saturated carbocycles. The molecule has 188 valence electrons. The summed E-state index contributed by atoms with van der Waals surface area (Å²) >= 11 is 0.768. The number of benzene rings is 1. The molecule has 3 heterocycles. The minimum Gasteiger partial charge on any atom is -0.395 e. The van der Waals surface area contributed by atoms with E-state index < -0.39 is 21.2 Å². The summed E-state index contributed by atoms with van der Waals surface area (Å²) in [4.78, 5) is 38.2. The highest BCUT2D eigenvalue weighted by atomic mass is 32.2. The van der Waals surface area contributed by atoms with Crippen molar-refractivity contribution in [3.63, 3.8) is 0 Å². The number of aliphatic hydroxyl groups is 1. The molecule has 2 amide bonds. The summed E-state index contributed by atoms with van der Waals surface area (Å²) in [6, 6.07) is 8.24. The monoisotopic (exact) mass is 529 g/mol. The summed E-state index contributed by atoms with van der Waals surface area (Å²) in [5, 5.41) is 15.2. The topological polar surface area (TPSA) is 167 Å². The van der Waals surface area contributed by atoms with Gasteiger partial charge in [-0.25, -0.2) is 18.1 Å². The summed E-state index contributed by atoms with van der Waals surface area (Å²) in [6.45, 7) is 0.425. The van der Waals surface area contributed by atoms with Crippen LogP contribution in [0.5, 0.6) is 0 Å². The number of nitrogens with zero attached hydrogens (tertiary/aromatic N) is 4. The van der Waals surface area contributed by atoms with Crippen LogP contribution >= 0.6 is 11.8 Å². The summed E-state index contributed by atoms with van der Waals surface area (Å²) in [6.07, 6.45) is 4.61. The van der Waals surface area contributed by atoms with Gasteiger partial charge in [0.25, 0.3) is 11.1 Å². The van der Waals surface area contributed by atoms with Crippen molar-refractivity contribution in [2.24, 2.45) is 0 Å². The second-order valence-corrected chi connectivity index (χ2v) is 10.4. The van der Waals surface area contributed by atoms with E-state index in [4.69, 9.17) is 0 Å². The van der Waals surface area contributed by atoms with Crippen LogP contribution < -0.4 is 20.3 Å². The number of amides is 2. The summed E-state index contributed by atoms with van der Waals surface area (Å²) < 4.78 is 28.3. The SMILES string of the molecule is CN(CCO)c1cc(C=C2SC(=O)NC2=O)nc(NCCNS(=O)(=O)c2cccc3cnccc23)n1. The number of fused-ring (bicyclic) bond motifs is 1. The molecule has 1 aliphatic heterocycles. The number of rotatable bonds is 10. The smallest absolute Gasteiger partial charge is 0.290 e. The molecule has 0 spiro atoms. The van der Waals surface area contributed by atoms with Crippen molar-refractivity contribution in [2.45, 2.75) is 4.90 Å². The molecular formula is C22H23N7O5S2. The van der Waals surface area contributed by atoms with E-state index in [0.29, 0.717) is 28.8 Å². The molecule has 4 N–H and O–H groups in total. The van der Waals surface area contributed by atoms with Crippen LogP contribution in [0.3, 0.4) is 0 Å². The first-order valence-electron chi connectivity index (χ1n) is 10.8. The van der Waals surface area contributed by atoms with Gasteiger partial charge in [-0.1, -0.05) is 12.1 Å². The van der Waals surface area contributed by atoms with Gasteiger partial charge in [-0.3, -0.25) is 19.9 Å².